The average Bonchev–Trinajstić information content (AvgIpc) is 2.74. The van der Waals surface area contributed by atoms with Crippen molar-refractivity contribution in [3.05, 3.63) is 11.8 Å². The van der Waals surface area contributed by atoms with Crippen molar-refractivity contribution in [3.8, 4) is 11.8 Å². The van der Waals surface area contributed by atoms with Crippen LogP contribution in [0.1, 0.15) is 32.6 Å². The van der Waals surface area contributed by atoms with Crippen molar-refractivity contribution in [2.24, 2.45) is 0 Å². The highest BCUT2D eigenvalue weighted by Crippen LogP contribution is 2.40. The lowest BCUT2D eigenvalue weighted by molar-refractivity contribution is -0.162. The Morgan fingerprint density at radius 1 is 1.46 bits per heavy atom. The molecule has 0 aromatic carbocycles. The Morgan fingerprint density at radius 2 is 2.38 bits per heavy atom. The van der Waals surface area contributed by atoms with Crippen LogP contribution in [-0.2, 0) is 9.47 Å². The lowest BCUT2D eigenvalue weighted by Crippen LogP contribution is -2.25. The van der Waals surface area contributed by atoms with Crippen LogP contribution >= 0.6 is 0 Å². The highest BCUT2D eigenvalue weighted by Gasteiger charge is 2.42. The van der Waals surface area contributed by atoms with Gasteiger partial charge >= 0.3 is 0 Å². The molecular formula is C11H14O2. The van der Waals surface area contributed by atoms with E-state index in [4.69, 9.17) is 9.47 Å². The number of allylic oxidation sites excluding steroid dienone is 2. The highest BCUT2D eigenvalue weighted by molar-refractivity contribution is 5.19. The predicted octanol–water partition coefficient (Wildman–Crippen LogP) is 2.21. The van der Waals surface area contributed by atoms with Crippen molar-refractivity contribution in [2.75, 3.05) is 6.61 Å². The Labute approximate surface area is 78.9 Å². The van der Waals surface area contributed by atoms with E-state index in [0.29, 0.717) is 0 Å². The number of hydrogen-bond acceptors (Lipinski definition) is 2. The van der Waals surface area contributed by atoms with E-state index in [-0.39, 0.29) is 5.79 Å². The summed E-state index contributed by atoms with van der Waals surface area (Å²) < 4.78 is 11.3. The lowest BCUT2D eigenvalue weighted by Gasteiger charge is -2.21. The van der Waals surface area contributed by atoms with E-state index < -0.39 is 0 Å². The molecule has 13 heavy (non-hydrogen) atoms. The van der Waals surface area contributed by atoms with E-state index in [2.05, 4.69) is 11.8 Å². The second-order valence-corrected chi connectivity index (χ2v) is 3.47. The molecule has 0 saturated carbocycles. The van der Waals surface area contributed by atoms with Gasteiger partial charge in [0.25, 0.3) is 0 Å². The standard InChI is InChI=1S/C11H14O2/c1-2-3-5-10-6-8-11(13-10)7-4-9-12-11/h5H,4,6-9H2,1H3/b10-5+/t11-/m1/s1. The molecule has 0 radical (unpaired) electrons. The van der Waals surface area contributed by atoms with Crippen LogP contribution < -0.4 is 0 Å². The molecule has 2 nitrogen and oxygen atoms in total. The molecule has 70 valence electrons. The zero-order chi connectivity index (χ0) is 9.15. The first kappa shape index (κ1) is 8.65. The van der Waals surface area contributed by atoms with Gasteiger partial charge in [0.15, 0.2) is 0 Å². The lowest BCUT2D eigenvalue weighted by atomic mass is 10.1. The van der Waals surface area contributed by atoms with Crippen molar-refractivity contribution in [1.82, 2.24) is 0 Å². The molecule has 0 aromatic rings. The van der Waals surface area contributed by atoms with Gasteiger partial charge in [0.2, 0.25) is 5.79 Å². The highest BCUT2D eigenvalue weighted by atomic mass is 16.7. The van der Waals surface area contributed by atoms with Gasteiger partial charge in [0.1, 0.15) is 5.76 Å². The van der Waals surface area contributed by atoms with Crippen LogP contribution in [0.25, 0.3) is 0 Å². The topological polar surface area (TPSA) is 18.5 Å². The van der Waals surface area contributed by atoms with Crippen LogP contribution in [0, 0.1) is 11.8 Å². The summed E-state index contributed by atoms with van der Waals surface area (Å²) in [6.45, 7) is 2.67. The van der Waals surface area contributed by atoms with E-state index in [1.165, 1.54) is 0 Å². The molecule has 0 aliphatic carbocycles. The molecule has 1 spiro atoms. The second-order valence-electron chi connectivity index (χ2n) is 3.47. The first-order valence-electron chi connectivity index (χ1n) is 4.79. The molecule has 0 unspecified atom stereocenters. The summed E-state index contributed by atoms with van der Waals surface area (Å²) in [7, 11) is 0. The summed E-state index contributed by atoms with van der Waals surface area (Å²) in [4.78, 5) is 0. The van der Waals surface area contributed by atoms with Crippen LogP contribution in [0.3, 0.4) is 0 Å². The van der Waals surface area contributed by atoms with Crippen molar-refractivity contribution in [2.45, 2.75) is 38.4 Å². The van der Waals surface area contributed by atoms with Crippen LogP contribution in [0.5, 0.6) is 0 Å². The van der Waals surface area contributed by atoms with Crippen LogP contribution in [0.4, 0.5) is 0 Å². The molecule has 0 aromatic heterocycles. The molecule has 2 fully saturated rings. The minimum atomic E-state index is -0.277. The van der Waals surface area contributed by atoms with Crippen molar-refractivity contribution >= 4 is 0 Å². The maximum absolute atomic E-state index is 5.75. The average molecular weight is 178 g/mol. The normalized spacial score (nSPS) is 34.7. The fraction of sp³-hybridized carbons (Fsp3) is 0.636. The van der Waals surface area contributed by atoms with Gasteiger partial charge in [-0.25, -0.2) is 0 Å². The van der Waals surface area contributed by atoms with E-state index in [0.717, 1.165) is 38.0 Å². The van der Waals surface area contributed by atoms with Gasteiger partial charge in [-0.2, -0.15) is 0 Å². The summed E-state index contributed by atoms with van der Waals surface area (Å²) in [6.07, 6.45) is 5.96. The third-order valence-corrected chi connectivity index (χ3v) is 2.51. The van der Waals surface area contributed by atoms with Gasteiger partial charge in [0.05, 0.1) is 6.61 Å². The molecule has 2 saturated heterocycles. The Hall–Kier alpha value is -0.940. The zero-order valence-electron chi connectivity index (χ0n) is 7.93. The molecule has 2 aliphatic heterocycles. The van der Waals surface area contributed by atoms with Crippen molar-refractivity contribution < 1.29 is 9.47 Å². The largest absolute Gasteiger partial charge is 0.466 e. The van der Waals surface area contributed by atoms with Gasteiger partial charge in [-0.1, -0.05) is 5.92 Å². The Kier molecular flexibility index (Phi) is 2.28. The summed E-state index contributed by atoms with van der Waals surface area (Å²) >= 11 is 0. The molecule has 2 heterocycles. The summed E-state index contributed by atoms with van der Waals surface area (Å²) in [5.74, 6) is 6.44. The van der Waals surface area contributed by atoms with Crippen molar-refractivity contribution in [1.29, 1.82) is 0 Å². The fourth-order valence-electron chi connectivity index (χ4n) is 1.86. The molecule has 2 aliphatic rings. The molecule has 0 bridgehead atoms. The second kappa shape index (κ2) is 3.43. The van der Waals surface area contributed by atoms with Gasteiger partial charge < -0.3 is 9.47 Å². The third-order valence-electron chi connectivity index (χ3n) is 2.51. The van der Waals surface area contributed by atoms with Crippen LogP contribution in [0.2, 0.25) is 0 Å². The van der Waals surface area contributed by atoms with Gasteiger partial charge in [-0.15, -0.1) is 5.92 Å². The molecular weight excluding hydrogens is 164 g/mol. The first-order valence-corrected chi connectivity index (χ1v) is 4.79. The van der Waals surface area contributed by atoms with E-state index in [1.807, 2.05) is 13.0 Å². The maximum atomic E-state index is 5.75. The van der Waals surface area contributed by atoms with Gasteiger partial charge in [-0.05, 0) is 13.3 Å². The van der Waals surface area contributed by atoms with E-state index in [1.54, 1.807) is 0 Å². The fourth-order valence-corrected chi connectivity index (χ4v) is 1.86. The third kappa shape index (κ3) is 1.71. The zero-order valence-corrected chi connectivity index (χ0v) is 7.93. The SMILES string of the molecule is CC#C/C=C1\CC[C@@]2(CCCO2)O1. The minimum absolute atomic E-state index is 0.277. The van der Waals surface area contributed by atoms with E-state index in [9.17, 15) is 0 Å². The quantitative estimate of drug-likeness (QED) is 0.529. The van der Waals surface area contributed by atoms with Crippen LogP contribution in [-0.4, -0.2) is 12.4 Å². The minimum Gasteiger partial charge on any atom is -0.466 e. The molecule has 2 rings (SSSR count). The molecule has 2 heteroatoms. The number of ether oxygens (including phenoxy) is 2. The Balaban J connectivity index is 2.03. The molecule has 0 N–H and O–H groups in total. The monoisotopic (exact) mass is 178 g/mol. The maximum Gasteiger partial charge on any atom is 0.210 e. The summed E-state index contributed by atoms with van der Waals surface area (Å²) in [6, 6.07) is 0. The first-order chi connectivity index (χ1) is 6.35. The molecule has 0 amide bonds. The smallest absolute Gasteiger partial charge is 0.210 e. The van der Waals surface area contributed by atoms with Crippen LogP contribution in [0.15, 0.2) is 11.8 Å². The summed E-state index contributed by atoms with van der Waals surface area (Å²) in [5, 5.41) is 0. The van der Waals surface area contributed by atoms with Gasteiger partial charge in [-0.3, -0.25) is 0 Å². The van der Waals surface area contributed by atoms with E-state index >= 15 is 0 Å². The van der Waals surface area contributed by atoms with Crippen molar-refractivity contribution in [3.63, 3.8) is 0 Å². The number of hydrogen-bond donors (Lipinski definition) is 0. The molecule has 1 atom stereocenters. The number of rotatable bonds is 0. The Bertz CT molecular complexity index is 274. The predicted molar refractivity (Wildman–Crippen MR) is 49.8 cm³/mol. The summed E-state index contributed by atoms with van der Waals surface area (Å²) in [5.41, 5.74) is 0. The Morgan fingerprint density at radius 3 is 3.08 bits per heavy atom. The van der Waals surface area contributed by atoms with Gasteiger partial charge in [0, 0.05) is 25.3 Å².